The molecule has 2 saturated heterocycles. The molecule has 5 atom stereocenters. The molecular weight excluding hydrogens is 330 g/mol. The highest BCUT2D eigenvalue weighted by atomic mass is 16.5. The maximum Gasteiger partial charge on any atom is 0.226 e. The maximum absolute atomic E-state index is 13.0. The zero-order chi connectivity index (χ0) is 17.9. The highest BCUT2D eigenvalue weighted by Crippen LogP contribution is 2.36. The van der Waals surface area contributed by atoms with Crippen LogP contribution in [0, 0.1) is 11.8 Å². The number of carbonyl (C=O) groups excluding carboxylic acids is 1. The van der Waals surface area contributed by atoms with E-state index in [-0.39, 0.29) is 30.1 Å². The summed E-state index contributed by atoms with van der Waals surface area (Å²) in [6.07, 6.45) is 10.7. The summed E-state index contributed by atoms with van der Waals surface area (Å²) in [6, 6.07) is 0.605. The van der Waals surface area contributed by atoms with Gasteiger partial charge < -0.3 is 14.8 Å². The second kappa shape index (κ2) is 8.55. The molecule has 4 rings (SSSR count). The molecule has 26 heavy (non-hydrogen) atoms. The van der Waals surface area contributed by atoms with E-state index >= 15 is 0 Å². The zero-order valence-corrected chi connectivity index (χ0v) is 16.1. The highest BCUT2D eigenvalue weighted by Gasteiger charge is 2.44. The minimum Gasteiger partial charge on any atom is -0.375 e. The summed E-state index contributed by atoms with van der Waals surface area (Å²) < 4.78 is 12.1. The Kier molecular flexibility index (Phi) is 6.14. The van der Waals surface area contributed by atoms with E-state index < -0.39 is 0 Å². The van der Waals surface area contributed by atoms with Gasteiger partial charge in [-0.15, -0.1) is 0 Å². The first-order valence-electron chi connectivity index (χ1n) is 10.7. The molecule has 5 unspecified atom stereocenters. The van der Waals surface area contributed by atoms with E-state index in [0.717, 1.165) is 58.3 Å². The van der Waals surface area contributed by atoms with Crippen LogP contribution >= 0.6 is 0 Å². The molecule has 2 aliphatic carbocycles. The van der Waals surface area contributed by atoms with Gasteiger partial charge in [-0.3, -0.25) is 10.2 Å². The maximum atomic E-state index is 13.0. The number of hydrazine groups is 1. The SMILES string of the molecule is CN1CC(C(=O)NC2CCCCC2)C(C2CCC3OCCCOC3C2)N1. The Balaban J connectivity index is 1.38. The lowest BCUT2D eigenvalue weighted by atomic mass is 9.77. The fraction of sp³-hybridized carbons (Fsp3) is 0.950. The lowest BCUT2D eigenvalue weighted by molar-refractivity contribution is -0.127. The fourth-order valence-electron chi connectivity index (χ4n) is 5.39. The molecule has 4 fully saturated rings. The van der Waals surface area contributed by atoms with E-state index in [9.17, 15) is 4.79 Å². The summed E-state index contributed by atoms with van der Waals surface area (Å²) in [5, 5.41) is 5.46. The van der Waals surface area contributed by atoms with Gasteiger partial charge in [-0.25, -0.2) is 5.01 Å². The van der Waals surface area contributed by atoms with Gasteiger partial charge in [-0.1, -0.05) is 19.3 Å². The molecular formula is C20H35N3O3. The minimum absolute atomic E-state index is 0.0372. The van der Waals surface area contributed by atoms with Crippen molar-refractivity contribution in [2.75, 3.05) is 26.8 Å². The largest absolute Gasteiger partial charge is 0.375 e. The van der Waals surface area contributed by atoms with Crippen LogP contribution in [0.3, 0.4) is 0 Å². The van der Waals surface area contributed by atoms with Gasteiger partial charge in [0.25, 0.3) is 0 Å². The molecule has 0 radical (unpaired) electrons. The quantitative estimate of drug-likeness (QED) is 0.799. The molecule has 2 aliphatic heterocycles. The van der Waals surface area contributed by atoms with Gasteiger partial charge in [0.15, 0.2) is 0 Å². The molecule has 6 heteroatoms. The van der Waals surface area contributed by atoms with Crippen LogP contribution < -0.4 is 10.7 Å². The smallest absolute Gasteiger partial charge is 0.226 e. The predicted molar refractivity (Wildman–Crippen MR) is 99.5 cm³/mol. The van der Waals surface area contributed by atoms with Crippen molar-refractivity contribution in [2.24, 2.45) is 11.8 Å². The molecule has 4 aliphatic rings. The third-order valence-electron chi connectivity index (χ3n) is 6.79. The van der Waals surface area contributed by atoms with Crippen molar-refractivity contribution in [3.8, 4) is 0 Å². The molecule has 2 N–H and O–H groups in total. The van der Waals surface area contributed by atoms with Crippen LogP contribution in [0.15, 0.2) is 0 Å². The number of rotatable bonds is 3. The van der Waals surface area contributed by atoms with Crippen LogP contribution in [0.4, 0.5) is 0 Å². The molecule has 1 amide bonds. The third kappa shape index (κ3) is 4.24. The molecule has 6 nitrogen and oxygen atoms in total. The Morgan fingerprint density at radius 3 is 2.58 bits per heavy atom. The summed E-state index contributed by atoms with van der Waals surface area (Å²) in [6.45, 7) is 2.42. The lowest BCUT2D eigenvalue weighted by Crippen LogP contribution is -2.50. The first-order valence-corrected chi connectivity index (χ1v) is 10.7. The summed E-state index contributed by atoms with van der Waals surface area (Å²) in [5.41, 5.74) is 3.58. The molecule has 0 aromatic carbocycles. The van der Waals surface area contributed by atoms with Crippen molar-refractivity contribution in [1.82, 2.24) is 15.8 Å². The number of hydrogen-bond donors (Lipinski definition) is 2. The third-order valence-corrected chi connectivity index (χ3v) is 6.79. The predicted octanol–water partition coefficient (Wildman–Crippen LogP) is 1.84. The van der Waals surface area contributed by atoms with E-state index in [2.05, 4.69) is 22.8 Å². The van der Waals surface area contributed by atoms with Crippen LogP contribution in [-0.2, 0) is 14.3 Å². The first kappa shape index (κ1) is 18.7. The number of nitrogens with zero attached hydrogens (tertiary/aromatic N) is 1. The van der Waals surface area contributed by atoms with Crippen LogP contribution in [0.2, 0.25) is 0 Å². The Labute approximate surface area is 157 Å². The van der Waals surface area contributed by atoms with E-state index in [1.54, 1.807) is 0 Å². The molecule has 2 saturated carbocycles. The number of amides is 1. The first-order chi connectivity index (χ1) is 12.7. The van der Waals surface area contributed by atoms with Gasteiger partial charge in [0.1, 0.15) is 0 Å². The van der Waals surface area contributed by atoms with Gasteiger partial charge >= 0.3 is 0 Å². The van der Waals surface area contributed by atoms with Crippen molar-refractivity contribution in [3.63, 3.8) is 0 Å². The molecule has 2 heterocycles. The van der Waals surface area contributed by atoms with E-state index in [1.165, 1.54) is 19.3 Å². The Hall–Kier alpha value is -0.690. The molecule has 0 aromatic rings. The Morgan fingerprint density at radius 2 is 1.77 bits per heavy atom. The fourth-order valence-corrected chi connectivity index (χ4v) is 5.39. The average Bonchev–Trinajstić information content (AvgIpc) is 2.90. The van der Waals surface area contributed by atoms with Crippen molar-refractivity contribution >= 4 is 5.91 Å². The zero-order valence-electron chi connectivity index (χ0n) is 16.1. The van der Waals surface area contributed by atoms with Crippen LogP contribution in [-0.4, -0.2) is 62.0 Å². The van der Waals surface area contributed by atoms with Gasteiger partial charge in [0.2, 0.25) is 5.91 Å². The van der Waals surface area contributed by atoms with Crippen LogP contribution in [0.5, 0.6) is 0 Å². The van der Waals surface area contributed by atoms with Gasteiger partial charge in [-0.05, 0) is 44.4 Å². The van der Waals surface area contributed by atoms with E-state index in [0.29, 0.717) is 12.0 Å². The van der Waals surface area contributed by atoms with Crippen LogP contribution in [0.1, 0.15) is 57.8 Å². The van der Waals surface area contributed by atoms with E-state index in [4.69, 9.17) is 9.47 Å². The number of carbonyl (C=O) groups is 1. The lowest BCUT2D eigenvalue weighted by Gasteiger charge is -2.38. The van der Waals surface area contributed by atoms with Gasteiger partial charge in [0, 0.05) is 38.9 Å². The topological polar surface area (TPSA) is 62.8 Å². The molecule has 0 spiro atoms. The van der Waals surface area contributed by atoms with Crippen molar-refractivity contribution in [1.29, 1.82) is 0 Å². The standard InChI is InChI=1S/C20H35N3O3/c1-23-13-16(20(24)21-15-6-3-2-4-7-15)19(22-23)14-8-9-17-18(12-14)26-11-5-10-25-17/h14-19,22H,2-13H2,1H3,(H,21,24). The van der Waals surface area contributed by atoms with Gasteiger partial charge in [0.05, 0.1) is 18.1 Å². The van der Waals surface area contributed by atoms with E-state index in [1.807, 2.05) is 0 Å². The molecule has 148 valence electrons. The number of hydrogen-bond acceptors (Lipinski definition) is 5. The Bertz CT molecular complexity index is 483. The average molecular weight is 366 g/mol. The highest BCUT2D eigenvalue weighted by molar-refractivity contribution is 5.80. The summed E-state index contributed by atoms with van der Waals surface area (Å²) in [4.78, 5) is 13.0. The Morgan fingerprint density at radius 1 is 1.00 bits per heavy atom. The molecule has 0 bridgehead atoms. The van der Waals surface area contributed by atoms with Crippen molar-refractivity contribution in [3.05, 3.63) is 0 Å². The number of nitrogens with one attached hydrogen (secondary N) is 2. The normalized spacial score (nSPS) is 40.0. The summed E-state index contributed by atoms with van der Waals surface area (Å²) in [7, 11) is 2.05. The second-order valence-electron chi connectivity index (χ2n) is 8.73. The molecule has 0 aromatic heterocycles. The number of ether oxygens (including phenoxy) is 2. The van der Waals surface area contributed by atoms with Crippen molar-refractivity contribution < 1.29 is 14.3 Å². The monoisotopic (exact) mass is 365 g/mol. The summed E-state index contributed by atoms with van der Waals surface area (Å²) >= 11 is 0. The van der Waals surface area contributed by atoms with Gasteiger partial charge in [-0.2, -0.15) is 0 Å². The minimum atomic E-state index is 0.0372. The van der Waals surface area contributed by atoms with Crippen molar-refractivity contribution in [2.45, 2.75) is 82.1 Å². The summed E-state index contributed by atoms with van der Waals surface area (Å²) in [5.74, 6) is 0.763. The second-order valence-corrected chi connectivity index (χ2v) is 8.73. The van der Waals surface area contributed by atoms with Crippen LogP contribution in [0.25, 0.3) is 0 Å². The number of fused-ring (bicyclic) bond motifs is 1.